The van der Waals surface area contributed by atoms with E-state index in [4.69, 9.17) is 0 Å². The summed E-state index contributed by atoms with van der Waals surface area (Å²) < 4.78 is 0. The van der Waals surface area contributed by atoms with Gasteiger partial charge in [-0.05, 0) is 18.3 Å². The van der Waals surface area contributed by atoms with Gasteiger partial charge in [0.1, 0.15) is 0 Å². The number of rotatable bonds is 3. The monoisotopic (exact) mass is 166 g/mol. The van der Waals surface area contributed by atoms with Gasteiger partial charge in [-0.1, -0.05) is 20.8 Å². The number of aliphatic carboxylic acids is 1. The fourth-order valence-electron chi connectivity index (χ4n) is 0.688. The van der Waals surface area contributed by atoms with Gasteiger partial charge in [-0.2, -0.15) is 0 Å². The molecule has 1 N–H and O–H groups in total. The number of aliphatic hydroxyl groups is 1. The minimum absolute atomic E-state index is 0. The molecule has 1 unspecified atom stereocenters. The van der Waals surface area contributed by atoms with E-state index < -0.39 is 12.1 Å². The summed E-state index contributed by atoms with van der Waals surface area (Å²) in [6, 6.07) is 0. The smallest absolute Gasteiger partial charge is 0.550 e. The molecule has 12 heavy (non-hydrogen) atoms. The van der Waals surface area contributed by atoms with E-state index in [1.165, 1.54) is 0 Å². The average molecular weight is 166 g/mol. The molecule has 0 heterocycles. The Morgan fingerprint density at radius 3 is 2.17 bits per heavy atom. The molecule has 3 nitrogen and oxygen atoms in total. The van der Waals surface area contributed by atoms with Gasteiger partial charge in [-0.3, -0.25) is 0 Å². The topological polar surface area (TPSA) is 60.4 Å². The number of carboxylic acids is 1. The van der Waals surface area contributed by atoms with Crippen LogP contribution in [0.2, 0.25) is 0 Å². The van der Waals surface area contributed by atoms with Gasteiger partial charge in [0.25, 0.3) is 0 Å². The van der Waals surface area contributed by atoms with Crippen LogP contribution in [-0.2, 0) is 4.79 Å². The van der Waals surface area contributed by atoms with Crippen LogP contribution < -0.4 is 24.0 Å². The third-order valence-corrected chi connectivity index (χ3v) is 1.62. The fraction of sp³-hybridized carbons (Fsp3) is 0.875. The van der Waals surface area contributed by atoms with Crippen molar-refractivity contribution in [2.75, 3.05) is 0 Å². The van der Waals surface area contributed by atoms with Crippen LogP contribution in [-0.4, -0.2) is 17.2 Å². The molecule has 66 valence electrons. The van der Waals surface area contributed by atoms with Crippen molar-refractivity contribution in [3.8, 4) is 0 Å². The second-order valence-electron chi connectivity index (χ2n) is 3.79. The maximum Gasteiger partial charge on any atom is 1.00 e. The maximum atomic E-state index is 10.0. The van der Waals surface area contributed by atoms with Crippen LogP contribution in [0.3, 0.4) is 0 Å². The Hall–Kier alpha value is 0.0274. The molecule has 0 aromatic heterocycles. The van der Waals surface area contributed by atoms with Gasteiger partial charge in [-0.25, -0.2) is 0 Å². The van der Waals surface area contributed by atoms with Crippen LogP contribution in [0.25, 0.3) is 0 Å². The Balaban J connectivity index is 0. The van der Waals surface area contributed by atoms with Crippen LogP contribution in [0, 0.1) is 5.41 Å². The summed E-state index contributed by atoms with van der Waals surface area (Å²) in [6.45, 7) is 5.60. The molecule has 0 aromatic rings. The van der Waals surface area contributed by atoms with Gasteiger partial charge in [0.05, 0.1) is 6.10 Å². The average Bonchev–Trinajstić information content (AvgIpc) is 1.80. The number of carbonyl (C=O) groups excluding carboxylic acids is 1. The normalized spacial score (nSPS) is 13.3. The fourth-order valence-corrected chi connectivity index (χ4v) is 0.688. The Labute approximate surface area is 85.3 Å². The van der Waals surface area contributed by atoms with Crippen molar-refractivity contribution in [1.29, 1.82) is 0 Å². The van der Waals surface area contributed by atoms with Crippen LogP contribution in [0.1, 0.15) is 33.6 Å². The molecule has 0 aromatic carbocycles. The number of carboxylic acid groups (broad SMARTS) is 1. The third-order valence-electron chi connectivity index (χ3n) is 1.62. The van der Waals surface area contributed by atoms with Crippen LogP contribution in [0.5, 0.6) is 0 Å². The first kappa shape index (κ1) is 14.5. The third kappa shape index (κ3) is 6.72. The molecular formula is C8H15LiO3. The zero-order chi connectivity index (χ0) is 9.07. The summed E-state index contributed by atoms with van der Waals surface area (Å²) in [5.41, 5.74) is -0.241. The molecular weight excluding hydrogens is 151 g/mol. The molecule has 1 atom stereocenters. The summed E-state index contributed by atoms with van der Waals surface area (Å²) in [6.07, 6.45) is -0.370. The first-order chi connectivity index (χ1) is 4.84. The second-order valence-corrected chi connectivity index (χ2v) is 3.79. The van der Waals surface area contributed by atoms with Crippen molar-refractivity contribution in [2.24, 2.45) is 5.41 Å². The molecule has 0 aliphatic rings. The van der Waals surface area contributed by atoms with E-state index in [1.54, 1.807) is 0 Å². The van der Waals surface area contributed by atoms with E-state index in [2.05, 4.69) is 0 Å². The van der Waals surface area contributed by atoms with Crippen LogP contribution >= 0.6 is 0 Å². The van der Waals surface area contributed by atoms with Crippen molar-refractivity contribution in [2.45, 2.75) is 39.7 Å². The van der Waals surface area contributed by atoms with E-state index in [0.29, 0.717) is 0 Å². The Bertz CT molecular complexity index is 140. The zero-order valence-electron chi connectivity index (χ0n) is 8.26. The predicted molar refractivity (Wildman–Crippen MR) is 39.7 cm³/mol. The Kier molecular flexibility index (Phi) is 6.83. The van der Waals surface area contributed by atoms with Crippen molar-refractivity contribution in [3.05, 3.63) is 0 Å². The Morgan fingerprint density at radius 1 is 1.50 bits per heavy atom. The molecule has 0 saturated carbocycles. The van der Waals surface area contributed by atoms with E-state index in [1.807, 2.05) is 20.8 Å². The molecule has 0 fully saturated rings. The number of hydrogen-bond donors (Lipinski definition) is 1. The van der Waals surface area contributed by atoms with E-state index in [9.17, 15) is 15.0 Å². The molecule has 0 radical (unpaired) electrons. The largest absolute Gasteiger partial charge is 1.00 e. The summed E-state index contributed by atoms with van der Waals surface area (Å²) in [7, 11) is 0. The zero-order valence-corrected chi connectivity index (χ0v) is 8.26. The molecule has 0 spiro atoms. The second kappa shape index (κ2) is 5.64. The number of carbonyl (C=O) groups is 1. The van der Waals surface area contributed by atoms with Crippen molar-refractivity contribution in [1.82, 2.24) is 0 Å². The van der Waals surface area contributed by atoms with E-state index in [-0.39, 0.29) is 37.1 Å². The van der Waals surface area contributed by atoms with Crippen LogP contribution in [0.4, 0.5) is 0 Å². The summed E-state index contributed by atoms with van der Waals surface area (Å²) in [5.74, 6) is -1.10. The minimum atomic E-state index is -1.10. The van der Waals surface area contributed by atoms with Crippen molar-refractivity contribution >= 4 is 5.97 Å². The molecule has 0 amide bonds. The molecule has 0 saturated heterocycles. The van der Waals surface area contributed by atoms with Gasteiger partial charge >= 0.3 is 18.9 Å². The first-order valence-corrected chi connectivity index (χ1v) is 3.72. The number of hydrogen-bond acceptors (Lipinski definition) is 3. The van der Waals surface area contributed by atoms with Crippen LogP contribution in [0.15, 0.2) is 0 Å². The van der Waals surface area contributed by atoms with E-state index >= 15 is 0 Å². The predicted octanol–water partition coefficient (Wildman–Crippen LogP) is -3.07. The van der Waals surface area contributed by atoms with Gasteiger partial charge in [0, 0.05) is 5.97 Å². The summed E-state index contributed by atoms with van der Waals surface area (Å²) in [4.78, 5) is 10.0. The van der Waals surface area contributed by atoms with Crippen molar-refractivity contribution in [3.63, 3.8) is 0 Å². The minimum Gasteiger partial charge on any atom is -0.550 e. The summed E-state index contributed by atoms with van der Waals surface area (Å²) in [5, 5.41) is 19.4. The van der Waals surface area contributed by atoms with E-state index in [0.717, 1.165) is 0 Å². The maximum absolute atomic E-state index is 10.0. The molecule has 0 rings (SSSR count). The quantitative estimate of drug-likeness (QED) is 0.452. The SMILES string of the molecule is CC(C)(C)C(O)CCC(=O)[O-].[Li+]. The Morgan fingerprint density at radius 2 is 1.92 bits per heavy atom. The first-order valence-electron chi connectivity index (χ1n) is 3.72. The van der Waals surface area contributed by atoms with Gasteiger partial charge < -0.3 is 15.0 Å². The van der Waals surface area contributed by atoms with Crippen molar-refractivity contribution < 1.29 is 33.9 Å². The van der Waals surface area contributed by atoms with Gasteiger partial charge in [0.15, 0.2) is 0 Å². The molecule has 0 aliphatic heterocycles. The molecule has 0 aliphatic carbocycles. The standard InChI is InChI=1S/C8H16O3.Li/c1-8(2,3)6(9)4-5-7(10)11;/h6,9H,4-5H2,1-3H3,(H,10,11);/q;+1/p-1. The van der Waals surface area contributed by atoms with Gasteiger partial charge in [0.2, 0.25) is 0 Å². The van der Waals surface area contributed by atoms with Gasteiger partial charge in [-0.15, -0.1) is 0 Å². The summed E-state index contributed by atoms with van der Waals surface area (Å²) >= 11 is 0. The number of aliphatic hydroxyl groups excluding tert-OH is 1. The molecule has 4 heteroatoms. The molecule has 0 bridgehead atoms.